The quantitative estimate of drug-likeness (QED) is 0.818. The fourth-order valence-electron chi connectivity index (χ4n) is 3.60. The Morgan fingerprint density at radius 3 is 2.58 bits per heavy atom. The number of hydrogen-bond donors (Lipinski definition) is 2. The maximum atomic E-state index is 12.3. The van der Waals surface area contributed by atoms with Gasteiger partial charge in [-0.25, -0.2) is 0 Å². The minimum absolute atomic E-state index is 0.195. The minimum atomic E-state index is 0.195. The number of nitrogens with one attached hydrogen (secondary N) is 1. The molecule has 3 nitrogen and oxygen atoms in total. The lowest BCUT2D eigenvalue weighted by Gasteiger charge is -2.08. The summed E-state index contributed by atoms with van der Waals surface area (Å²) in [6, 6.07) is 5.84. The number of carbonyl (C=O) groups excluding carboxylic acids is 1. The lowest BCUT2D eigenvalue weighted by molar-refractivity contribution is -0.117. The van der Waals surface area contributed by atoms with E-state index in [1.54, 1.807) is 0 Å². The van der Waals surface area contributed by atoms with Crippen molar-refractivity contribution in [3.8, 4) is 0 Å². The molecule has 19 heavy (non-hydrogen) atoms. The zero-order valence-electron chi connectivity index (χ0n) is 11.5. The first kappa shape index (κ1) is 12.5. The van der Waals surface area contributed by atoms with Crippen LogP contribution in [0.15, 0.2) is 18.2 Å². The van der Waals surface area contributed by atoms with Crippen LogP contribution in [0.3, 0.4) is 0 Å². The Hall–Kier alpha value is -1.51. The fraction of sp³-hybridized carbons (Fsp3) is 0.562. The number of fused-ring (bicyclic) bond motifs is 1. The number of hydrogen-bond acceptors (Lipinski definition) is 2. The molecule has 2 aliphatic carbocycles. The number of rotatable bonds is 3. The molecule has 3 heteroatoms. The molecule has 102 valence electrons. The second-order valence-corrected chi connectivity index (χ2v) is 5.89. The summed E-state index contributed by atoms with van der Waals surface area (Å²) < 4.78 is 0. The standard InChI is InChI=1S/C16H22N2O/c1-2-10-7-8-11(9-14(10)17)18-16(19)15-12-5-3-4-6-13(12)15/h7-9,12-13,15H,2-6,17H2,1H3,(H,18,19). The van der Waals surface area contributed by atoms with Gasteiger partial charge in [0.25, 0.3) is 0 Å². The number of nitrogen functional groups attached to an aromatic ring is 1. The highest BCUT2D eigenvalue weighted by Crippen LogP contribution is 2.55. The van der Waals surface area contributed by atoms with Crippen molar-refractivity contribution >= 4 is 17.3 Å². The molecule has 0 aliphatic heterocycles. The first-order valence-corrected chi connectivity index (χ1v) is 7.40. The number of anilines is 2. The van der Waals surface area contributed by atoms with Gasteiger partial charge in [-0.15, -0.1) is 0 Å². The molecule has 2 atom stereocenters. The van der Waals surface area contributed by atoms with E-state index in [9.17, 15) is 4.79 Å². The summed E-state index contributed by atoms with van der Waals surface area (Å²) in [6.45, 7) is 2.08. The van der Waals surface area contributed by atoms with Crippen LogP contribution in [0.25, 0.3) is 0 Å². The largest absolute Gasteiger partial charge is 0.398 e. The topological polar surface area (TPSA) is 55.1 Å². The van der Waals surface area contributed by atoms with Gasteiger partial charge in [-0.1, -0.05) is 25.8 Å². The summed E-state index contributed by atoms with van der Waals surface area (Å²) in [4.78, 5) is 12.3. The molecular weight excluding hydrogens is 236 g/mol. The van der Waals surface area contributed by atoms with Crippen LogP contribution in [0, 0.1) is 17.8 Å². The van der Waals surface area contributed by atoms with E-state index >= 15 is 0 Å². The van der Waals surface area contributed by atoms with Gasteiger partial charge in [-0.3, -0.25) is 4.79 Å². The Morgan fingerprint density at radius 2 is 2.00 bits per heavy atom. The smallest absolute Gasteiger partial charge is 0.228 e. The van der Waals surface area contributed by atoms with Gasteiger partial charge >= 0.3 is 0 Å². The first-order chi connectivity index (χ1) is 9.20. The van der Waals surface area contributed by atoms with Crippen LogP contribution in [-0.4, -0.2) is 5.91 Å². The van der Waals surface area contributed by atoms with Gasteiger partial charge in [-0.05, 0) is 48.8 Å². The molecule has 2 unspecified atom stereocenters. The number of amides is 1. The molecule has 1 aromatic rings. The lowest BCUT2D eigenvalue weighted by Crippen LogP contribution is -2.15. The molecular formula is C16H22N2O. The summed E-state index contributed by atoms with van der Waals surface area (Å²) in [5, 5.41) is 3.03. The van der Waals surface area contributed by atoms with E-state index in [0.29, 0.717) is 11.8 Å². The van der Waals surface area contributed by atoms with E-state index in [4.69, 9.17) is 5.73 Å². The van der Waals surface area contributed by atoms with Crippen LogP contribution >= 0.6 is 0 Å². The van der Waals surface area contributed by atoms with Crippen LogP contribution in [-0.2, 0) is 11.2 Å². The van der Waals surface area contributed by atoms with E-state index in [0.717, 1.165) is 23.4 Å². The molecule has 0 radical (unpaired) electrons. The van der Waals surface area contributed by atoms with E-state index in [1.165, 1.54) is 25.7 Å². The maximum absolute atomic E-state index is 12.3. The molecule has 2 fully saturated rings. The highest BCUT2D eigenvalue weighted by molar-refractivity contribution is 5.95. The van der Waals surface area contributed by atoms with Gasteiger partial charge in [0.15, 0.2) is 0 Å². The van der Waals surface area contributed by atoms with E-state index in [1.807, 2.05) is 18.2 Å². The Balaban J connectivity index is 1.65. The molecule has 3 rings (SSSR count). The van der Waals surface area contributed by atoms with Gasteiger partial charge in [0, 0.05) is 17.3 Å². The normalized spacial score (nSPS) is 28.6. The molecule has 0 saturated heterocycles. The Kier molecular flexibility index (Phi) is 3.21. The predicted molar refractivity (Wildman–Crippen MR) is 77.8 cm³/mol. The van der Waals surface area contributed by atoms with Crippen LogP contribution in [0.1, 0.15) is 38.2 Å². The molecule has 0 heterocycles. The maximum Gasteiger partial charge on any atom is 0.228 e. The molecule has 1 aromatic carbocycles. The second kappa shape index (κ2) is 4.87. The molecule has 2 aliphatic rings. The molecule has 0 spiro atoms. The van der Waals surface area contributed by atoms with Crippen LogP contribution in [0.5, 0.6) is 0 Å². The van der Waals surface area contributed by atoms with Crippen molar-refractivity contribution in [1.82, 2.24) is 0 Å². The van der Waals surface area contributed by atoms with Gasteiger partial charge < -0.3 is 11.1 Å². The predicted octanol–water partition coefficient (Wildman–Crippen LogP) is 3.21. The second-order valence-electron chi connectivity index (χ2n) is 5.89. The summed E-state index contributed by atoms with van der Waals surface area (Å²) in [7, 11) is 0. The minimum Gasteiger partial charge on any atom is -0.398 e. The van der Waals surface area contributed by atoms with Gasteiger partial charge in [-0.2, -0.15) is 0 Å². The third kappa shape index (κ3) is 2.34. The average molecular weight is 258 g/mol. The van der Waals surface area contributed by atoms with Crippen LogP contribution in [0.4, 0.5) is 11.4 Å². The third-order valence-electron chi connectivity index (χ3n) is 4.75. The molecule has 0 bridgehead atoms. The third-order valence-corrected chi connectivity index (χ3v) is 4.75. The summed E-state index contributed by atoms with van der Waals surface area (Å²) >= 11 is 0. The van der Waals surface area contributed by atoms with E-state index in [-0.39, 0.29) is 11.8 Å². The molecule has 3 N–H and O–H groups in total. The molecule has 1 amide bonds. The Morgan fingerprint density at radius 1 is 1.32 bits per heavy atom. The van der Waals surface area contributed by atoms with Gasteiger partial charge in [0.1, 0.15) is 0 Å². The van der Waals surface area contributed by atoms with Crippen molar-refractivity contribution in [2.24, 2.45) is 17.8 Å². The summed E-state index contributed by atoms with van der Waals surface area (Å²) in [5.41, 5.74) is 8.71. The van der Waals surface area contributed by atoms with Crippen molar-refractivity contribution in [3.05, 3.63) is 23.8 Å². The summed E-state index contributed by atoms with van der Waals surface area (Å²) in [6.07, 6.45) is 5.98. The number of nitrogens with two attached hydrogens (primary N) is 1. The molecule has 2 saturated carbocycles. The van der Waals surface area contributed by atoms with Crippen molar-refractivity contribution in [2.45, 2.75) is 39.0 Å². The van der Waals surface area contributed by atoms with Crippen molar-refractivity contribution in [2.75, 3.05) is 11.1 Å². The SMILES string of the molecule is CCc1ccc(NC(=O)C2C3CCCCC32)cc1N. The number of aryl methyl sites for hydroxylation is 1. The van der Waals surface area contributed by atoms with Crippen molar-refractivity contribution in [3.63, 3.8) is 0 Å². The van der Waals surface area contributed by atoms with Crippen molar-refractivity contribution < 1.29 is 4.79 Å². The Bertz CT molecular complexity index is 486. The monoisotopic (exact) mass is 258 g/mol. The van der Waals surface area contributed by atoms with E-state index < -0.39 is 0 Å². The number of carbonyl (C=O) groups is 1. The van der Waals surface area contributed by atoms with Gasteiger partial charge in [0.05, 0.1) is 0 Å². The van der Waals surface area contributed by atoms with Crippen molar-refractivity contribution in [1.29, 1.82) is 0 Å². The zero-order chi connectivity index (χ0) is 13.4. The van der Waals surface area contributed by atoms with Crippen LogP contribution < -0.4 is 11.1 Å². The number of benzene rings is 1. The first-order valence-electron chi connectivity index (χ1n) is 7.40. The zero-order valence-corrected chi connectivity index (χ0v) is 11.5. The Labute approximate surface area is 114 Å². The van der Waals surface area contributed by atoms with Gasteiger partial charge in [0.2, 0.25) is 5.91 Å². The van der Waals surface area contributed by atoms with E-state index in [2.05, 4.69) is 12.2 Å². The lowest BCUT2D eigenvalue weighted by atomic mass is 10.0. The average Bonchev–Trinajstić information content (AvgIpc) is 3.13. The fourth-order valence-corrected chi connectivity index (χ4v) is 3.60. The highest BCUT2D eigenvalue weighted by Gasteiger charge is 2.54. The van der Waals surface area contributed by atoms with Crippen LogP contribution in [0.2, 0.25) is 0 Å². The summed E-state index contributed by atoms with van der Waals surface area (Å²) in [5.74, 6) is 1.76. The highest BCUT2D eigenvalue weighted by atomic mass is 16.2. The molecule has 0 aromatic heterocycles.